The molecule has 2 unspecified atom stereocenters. The molecule has 2 amide bonds. The molecular formula is C21H24N2O4. The van der Waals surface area contributed by atoms with Crippen molar-refractivity contribution in [3.63, 3.8) is 0 Å². The fourth-order valence-electron chi connectivity index (χ4n) is 3.80. The Hall–Kier alpha value is -2.73. The van der Waals surface area contributed by atoms with Crippen molar-refractivity contribution in [3.8, 4) is 11.5 Å². The fraction of sp³-hybridized carbons (Fsp3) is 0.381. The van der Waals surface area contributed by atoms with Crippen LogP contribution in [0.15, 0.2) is 36.4 Å². The monoisotopic (exact) mass is 368 g/mol. The molecule has 1 heterocycles. The van der Waals surface area contributed by atoms with Gasteiger partial charge in [0.15, 0.2) is 0 Å². The number of nitrogens with one attached hydrogen (secondary N) is 2. The average Bonchev–Trinajstić information content (AvgIpc) is 2.68. The summed E-state index contributed by atoms with van der Waals surface area (Å²) < 4.78 is 11.0. The van der Waals surface area contributed by atoms with E-state index in [0.29, 0.717) is 19.4 Å². The van der Waals surface area contributed by atoms with Crippen molar-refractivity contribution in [1.29, 1.82) is 0 Å². The highest BCUT2D eigenvalue weighted by Gasteiger charge is 2.23. The van der Waals surface area contributed by atoms with Crippen molar-refractivity contribution in [2.24, 2.45) is 0 Å². The number of carbonyl (C=O) groups is 1. The number of benzene rings is 2. The first-order valence-corrected chi connectivity index (χ1v) is 9.28. The molecule has 0 saturated carbocycles. The van der Waals surface area contributed by atoms with Crippen LogP contribution in [0.2, 0.25) is 0 Å². The summed E-state index contributed by atoms with van der Waals surface area (Å²) in [6.07, 6.45) is 2.55. The van der Waals surface area contributed by atoms with Crippen molar-refractivity contribution in [1.82, 2.24) is 5.32 Å². The largest absolute Gasteiger partial charge is 0.497 e. The van der Waals surface area contributed by atoms with Crippen molar-refractivity contribution >= 4 is 11.7 Å². The van der Waals surface area contributed by atoms with Gasteiger partial charge in [-0.2, -0.15) is 0 Å². The van der Waals surface area contributed by atoms with Gasteiger partial charge >= 0.3 is 6.03 Å². The van der Waals surface area contributed by atoms with Crippen LogP contribution in [0.25, 0.3) is 0 Å². The minimum absolute atomic E-state index is 0.101. The van der Waals surface area contributed by atoms with Gasteiger partial charge in [-0.05, 0) is 48.1 Å². The van der Waals surface area contributed by atoms with Gasteiger partial charge in [0.1, 0.15) is 18.1 Å². The Morgan fingerprint density at radius 1 is 1.22 bits per heavy atom. The third-order valence-electron chi connectivity index (χ3n) is 5.22. The Balaban J connectivity index is 1.40. The van der Waals surface area contributed by atoms with Crippen LogP contribution < -0.4 is 20.1 Å². The van der Waals surface area contributed by atoms with E-state index in [9.17, 15) is 9.90 Å². The highest BCUT2D eigenvalue weighted by atomic mass is 16.5. The Morgan fingerprint density at radius 3 is 2.96 bits per heavy atom. The number of anilines is 1. The van der Waals surface area contributed by atoms with E-state index in [1.165, 1.54) is 5.56 Å². The number of amides is 2. The molecule has 0 spiro atoms. The quantitative estimate of drug-likeness (QED) is 0.778. The summed E-state index contributed by atoms with van der Waals surface area (Å²) in [7, 11) is 1.63. The van der Waals surface area contributed by atoms with E-state index in [-0.39, 0.29) is 18.2 Å². The Labute approximate surface area is 158 Å². The van der Waals surface area contributed by atoms with Gasteiger partial charge in [0.05, 0.1) is 19.3 Å². The van der Waals surface area contributed by atoms with E-state index in [0.717, 1.165) is 41.2 Å². The third kappa shape index (κ3) is 3.85. The average molecular weight is 368 g/mol. The predicted molar refractivity (Wildman–Crippen MR) is 103 cm³/mol. The molecule has 2 atom stereocenters. The van der Waals surface area contributed by atoms with Gasteiger partial charge in [-0.1, -0.05) is 18.2 Å². The topological polar surface area (TPSA) is 79.8 Å². The van der Waals surface area contributed by atoms with Gasteiger partial charge in [0.2, 0.25) is 0 Å². The maximum Gasteiger partial charge on any atom is 0.319 e. The molecule has 0 radical (unpaired) electrons. The summed E-state index contributed by atoms with van der Waals surface area (Å²) in [5.41, 5.74) is 4.05. The molecule has 142 valence electrons. The van der Waals surface area contributed by atoms with Crippen LogP contribution in [0, 0.1) is 0 Å². The second kappa shape index (κ2) is 7.48. The van der Waals surface area contributed by atoms with Crippen molar-refractivity contribution in [2.75, 3.05) is 19.0 Å². The zero-order valence-corrected chi connectivity index (χ0v) is 15.3. The van der Waals surface area contributed by atoms with Gasteiger partial charge in [-0.25, -0.2) is 4.79 Å². The second-order valence-electron chi connectivity index (χ2n) is 7.12. The fourth-order valence-corrected chi connectivity index (χ4v) is 3.80. The summed E-state index contributed by atoms with van der Waals surface area (Å²) in [4.78, 5) is 12.5. The molecule has 2 aliphatic rings. The molecule has 6 heteroatoms. The number of fused-ring (bicyclic) bond motifs is 2. The number of rotatable bonds is 3. The Kier molecular flexibility index (Phi) is 4.90. The Morgan fingerprint density at radius 2 is 2.11 bits per heavy atom. The molecule has 0 aromatic heterocycles. The standard InChI is InChI=1S/C21H24N2O4/c1-26-17-8-6-14-9-15(12-27-20(14)11-17)22-21(25)23-19-4-2-3-13-5-7-16(24)10-18(13)19/h2-4,6,8,11,15-16,24H,5,7,9-10,12H2,1H3,(H2,22,23,25). The second-order valence-corrected chi connectivity index (χ2v) is 7.12. The molecule has 4 rings (SSSR count). The molecule has 27 heavy (non-hydrogen) atoms. The van der Waals surface area contributed by atoms with Crippen LogP contribution in [0.4, 0.5) is 10.5 Å². The summed E-state index contributed by atoms with van der Waals surface area (Å²) in [5.74, 6) is 1.56. The van der Waals surface area contributed by atoms with Gasteiger partial charge in [-0.15, -0.1) is 0 Å². The molecule has 0 bridgehead atoms. The molecule has 6 nitrogen and oxygen atoms in total. The van der Waals surface area contributed by atoms with Crippen LogP contribution in [0.3, 0.4) is 0 Å². The van der Waals surface area contributed by atoms with Gasteiger partial charge in [0.25, 0.3) is 0 Å². The number of aliphatic hydroxyl groups is 1. The van der Waals surface area contributed by atoms with Gasteiger partial charge < -0.3 is 25.2 Å². The number of carbonyl (C=O) groups excluding carboxylic acids is 1. The smallest absolute Gasteiger partial charge is 0.319 e. The molecule has 0 fully saturated rings. The number of aliphatic hydroxyl groups excluding tert-OH is 1. The van der Waals surface area contributed by atoms with Crippen LogP contribution in [-0.2, 0) is 19.3 Å². The first-order chi connectivity index (χ1) is 13.1. The van der Waals surface area contributed by atoms with Crippen molar-refractivity contribution in [3.05, 3.63) is 53.1 Å². The lowest BCUT2D eigenvalue weighted by molar-refractivity contribution is 0.159. The maximum absolute atomic E-state index is 12.5. The molecule has 3 N–H and O–H groups in total. The van der Waals surface area contributed by atoms with Crippen molar-refractivity contribution in [2.45, 2.75) is 37.8 Å². The third-order valence-corrected chi connectivity index (χ3v) is 5.22. The van der Waals surface area contributed by atoms with E-state index in [4.69, 9.17) is 9.47 Å². The van der Waals surface area contributed by atoms with E-state index in [2.05, 4.69) is 16.7 Å². The molecular weight excluding hydrogens is 344 g/mol. The van der Waals surface area contributed by atoms with Crippen LogP contribution in [0.5, 0.6) is 11.5 Å². The highest BCUT2D eigenvalue weighted by molar-refractivity contribution is 5.90. The first kappa shape index (κ1) is 17.7. The summed E-state index contributed by atoms with van der Waals surface area (Å²) in [5, 5.41) is 15.9. The summed E-state index contributed by atoms with van der Waals surface area (Å²) >= 11 is 0. The van der Waals surface area contributed by atoms with E-state index in [1.54, 1.807) is 7.11 Å². The lowest BCUT2D eigenvalue weighted by Gasteiger charge is -2.27. The molecule has 1 aliphatic heterocycles. The first-order valence-electron chi connectivity index (χ1n) is 9.28. The minimum Gasteiger partial charge on any atom is -0.497 e. The van der Waals surface area contributed by atoms with Gasteiger partial charge in [0, 0.05) is 18.2 Å². The predicted octanol–water partition coefficient (Wildman–Crippen LogP) is 2.67. The zero-order chi connectivity index (χ0) is 18.8. The lowest BCUT2D eigenvalue weighted by atomic mass is 9.88. The summed E-state index contributed by atoms with van der Waals surface area (Å²) in [6.45, 7) is 0.416. The van der Waals surface area contributed by atoms with Crippen LogP contribution in [-0.4, -0.2) is 37.0 Å². The van der Waals surface area contributed by atoms with Gasteiger partial charge in [-0.3, -0.25) is 0 Å². The van der Waals surface area contributed by atoms with Crippen molar-refractivity contribution < 1.29 is 19.4 Å². The number of urea groups is 1. The maximum atomic E-state index is 12.5. The number of methoxy groups -OCH3 is 1. The molecule has 1 aliphatic carbocycles. The SMILES string of the molecule is COc1ccc2c(c1)OCC(NC(=O)Nc1cccc3c1CC(O)CC3)C2. The molecule has 2 aromatic carbocycles. The Bertz CT molecular complexity index is 852. The van der Waals surface area contributed by atoms with E-state index < -0.39 is 0 Å². The number of hydrogen-bond donors (Lipinski definition) is 3. The lowest BCUT2D eigenvalue weighted by Crippen LogP contribution is -2.44. The number of ether oxygens (including phenoxy) is 2. The number of aryl methyl sites for hydroxylation is 1. The molecule has 2 aromatic rings. The number of hydrogen-bond acceptors (Lipinski definition) is 4. The minimum atomic E-state index is -0.344. The zero-order valence-electron chi connectivity index (χ0n) is 15.3. The van der Waals surface area contributed by atoms with E-state index >= 15 is 0 Å². The molecule has 0 saturated heterocycles. The summed E-state index contributed by atoms with van der Waals surface area (Å²) in [6, 6.07) is 11.3. The van der Waals surface area contributed by atoms with Crippen LogP contribution >= 0.6 is 0 Å². The van der Waals surface area contributed by atoms with E-state index in [1.807, 2.05) is 30.3 Å². The van der Waals surface area contributed by atoms with Crippen LogP contribution in [0.1, 0.15) is 23.1 Å². The highest BCUT2D eigenvalue weighted by Crippen LogP contribution is 2.30. The normalized spacial score (nSPS) is 20.7.